The molecule has 2 aromatic rings. The molecule has 172 valence electrons. The number of unbranched alkanes of at least 4 members (excludes halogenated alkanes) is 2. The number of ketones is 1. The molecule has 2 aromatic carbocycles. The van der Waals surface area contributed by atoms with Gasteiger partial charge in [-0.25, -0.2) is 0 Å². The average molecular weight is 480 g/mol. The number of rotatable bonds is 10. The molecule has 1 amide bonds. The first kappa shape index (κ1) is 24.4. The van der Waals surface area contributed by atoms with Crippen molar-refractivity contribution in [2.24, 2.45) is 0 Å². The molecule has 0 saturated carbocycles. The second-order valence-corrected chi connectivity index (χ2v) is 8.74. The van der Waals surface area contributed by atoms with E-state index in [1.165, 1.54) is 17.9 Å². The number of methoxy groups -OCH3 is 1. The highest BCUT2D eigenvalue weighted by atomic mass is 35.5. The lowest BCUT2D eigenvalue weighted by Gasteiger charge is -2.23. The van der Waals surface area contributed by atoms with Crippen LogP contribution in [0.3, 0.4) is 0 Å². The number of hydrogen-bond donors (Lipinski definition) is 1. The predicted octanol–water partition coefficient (Wildman–Crippen LogP) is 5.28. The van der Waals surface area contributed by atoms with Crippen molar-refractivity contribution in [1.29, 1.82) is 0 Å². The SMILES string of the molecule is CCCCCOc1ccc(CN2C(=O)C(O)(CC(C)=O)c3c(Cl)ccc(Cl)c32)cc1OC. The monoisotopic (exact) mass is 479 g/mol. The number of fused-ring (bicyclic) bond motifs is 1. The summed E-state index contributed by atoms with van der Waals surface area (Å²) in [4.78, 5) is 26.5. The summed E-state index contributed by atoms with van der Waals surface area (Å²) in [5.41, 5.74) is -0.845. The van der Waals surface area contributed by atoms with E-state index in [2.05, 4.69) is 6.92 Å². The largest absolute Gasteiger partial charge is 0.493 e. The maximum Gasteiger partial charge on any atom is 0.264 e. The number of ether oxygens (including phenoxy) is 2. The van der Waals surface area contributed by atoms with Gasteiger partial charge in [-0.15, -0.1) is 0 Å². The van der Waals surface area contributed by atoms with Gasteiger partial charge >= 0.3 is 0 Å². The summed E-state index contributed by atoms with van der Waals surface area (Å²) in [6.45, 7) is 4.15. The summed E-state index contributed by atoms with van der Waals surface area (Å²) < 4.78 is 11.3. The van der Waals surface area contributed by atoms with Gasteiger partial charge in [-0.2, -0.15) is 0 Å². The first-order valence-electron chi connectivity index (χ1n) is 10.5. The maximum absolute atomic E-state index is 13.3. The zero-order valence-electron chi connectivity index (χ0n) is 18.4. The smallest absolute Gasteiger partial charge is 0.264 e. The lowest BCUT2D eigenvalue weighted by molar-refractivity contribution is -0.141. The van der Waals surface area contributed by atoms with Crippen LogP contribution in [0.1, 0.15) is 50.7 Å². The van der Waals surface area contributed by atoms with Gasteiger partial charge < -0.3 is 19.5 Å². The first-order chi connectivity index (χ1) is 15.2. The lowest BCUT2D eigenvalue weighted by Crippen LogP contribution is -2.41. The second kappa shape index (κ2) is 10.1. The summed E-state index contributed by atoms with van der Waals surface area (Å²) in [6.07, 6.45) is 2.76. The van der Waals surface area contributed by atoms with Crippen LogP contribution in [0.15, 0.2) is 30.3 Å². The quantitative estimate of drug-likeness (QED) is 0.468. The normalized spacial score (nSPS) is 17.4. The Labute approximate surface area is 198 Å². The Hall–Kier alpha value is -2.28. The molecule has 8 heteroatoms. The fourth-order valence-corrected chi connectivity index (χ4v) is 4.52. The summed E-state index contributed by atoms with van der Waals surface area (Å²) in [6, 6.07) is 8.48. The Balaban J connectivity index is 1.93. The van der Waals surface area contributed by atoms with Gasteiger partial charge in [-0.1, -0.05) is 49.0 Å². The second-order valence-electron chi connectivity index (χ2n) is 7.92. The number of anilines is 1. The van der Waals surface area contributed by atoms with Crippen molar-refractivity contribution < 1.29 is 24.2 Å². The predicted molar refractivity (Wildman–Crippen MR) is 125 cm³/mol. The van der Waals surface area contributed by atoms with Crippen molar-refractivity contribution in [2.45, 2.75) is 51.7 Å². The van der Waals surface area contributed by atoms with E-state index in [9.17, 15) is 14.7 Å². The minimum absolute atomic E-state index is 0.110. The van der Waals surface area contributed by atoms with Gasteiger partial charge in [0.1, 0.15) is 5.78 Å². The number of carbonyl (C=O) groups excluding carboxylic acids is 2. The van der Waals surface area contributed by atoms with Crippen molar-refractivity contribution in [2.75, 3.05) is 18.6 Å². The molecule has 1 unspecified atom stereocenters. The van der Waals surface area contributed by atoms with Crippen LogP contribution in [-0.4, -0.2) is 30.5 Å². The van der Waals surface area contributed by atoms with Crippen LogP contribution >= 0.6 is 23.2 Å². The van der Waals surface area contributed by atoms with Crippen molar-refractivity contribution in [1.82, 2.24) is 0 Å². The minimum Gasteiger partial charge on any atom is -0.493 e. The Morgan fingerprint density at radius 1 is 1.12 bits per heavy atom. The molecule has 0 aromatic heterocycles. The summed E-state index contributed by atoms with van der Waals surface area (Å²) in [5.74, 6) is 0.184. The lowest BCUT2D eigenvalue weighted by atomic mass is 9.90. The molecule has 1 aliphatic rings. The third kappa shape index (κ3) is 4.72. The Kier molecular flexibility index (Phi) is 7.70. The topological polar surface area (TPSA) is 76.1 Å². The van der Waals surface area contributed by atoms with Crippen molar-refractivity contribution in [3.63, 3.8) is 0 Å². The number of Topliss-reactive ketones (excluding diaryl/α,β-unsaturated/α-hetero) is 1. The molecular weight excluding hydrogens is 453 g/mol. The van der Waals surface area contributed by atoms with E-state index in [4.69, 9.17) is 32.7 Å². The van der Waals surface area contributed by atoms with Crippen LogP contribution in [-0.2, 0) is 21.7 Å². The number of aliphatic hydroxyl groups is 1. The van der Waals surface area contributed by atoms with Crippen LogP contribution in [0.25, 0.3) is 0 Å². The standard InChI is InChI=1S/C24H27Cl2NO5/c1-4-5-6-11-32-19-10-7-16(12-20(19)31-3)14-27-22-18(26)9-8-17(25)21(22)24(30,23(27)29)13-15(2)28/h7-10,12,30H,4-6,11,13-14H2,1-3H3. The highest BCUT2D eigenvalue weighted by Gasteiger charge is 2.52. The molecule has 32 heavy (non-hydrogen) atoms. The van der Waals surface area contributed by atoms with Crippen molar-refractivity contribution >= 4 is 40.6 Å². The number of carbonyl (C=O) groups is 2. The highest BCUT2D eigenvalue weighted by Crippen LogP contribution is 2.50. The number of nitrogens with zero attached hydrogens (tertiary/aromatic N) is 1. The van der Waals surface area contributed by atoms with Gasteiger partial charge in [0.05, 0.1) is 31.0 Å². The van der Waals surface area contributed by atoms with Gasteiger partial charge in [-0.05, 0) is 43.2 Å². The summed E-state index contributed by atoms with van der Waals surface area (Å²) in [7, 11) is 1.55. The maximum atomic E-state index is 13.3. The van der Waals surface area contributed by atoms with Gasteiger partial charge in [0.25, 0.3) is 5.91 Å². The number of halogens is 2. The molecule has 0 bridgehead atoms. The molecule has 3 rings (SSSR count). The van der Waals surface area contributed by atoms with Crippen LogP contribution in [0.2, 0.25) is 10.0 Å². The molecule has 0 radical (unpaired) electrons. The first-order valence-corrected chi connectivity index (χ1v) is 11.3. The molecule has 1 heterocycles. The fourth-order valence-electron chi connectivity index (χ4n) is 3.95. The third-order valence-electron chi connectivity index (χ3n) is 5.44. The van der Waals surface area contributed by atoms with Gasteiger partial charge in [0.15, 0.2) is 17.1 Å². The molecule has 6 nitrogen and oxygen atoms in total. The molecule has 1 atom stereocenters. The van der Waals surface area contributed by atoms with E-state index in [1.807, 2.05) is 6.07 Å². The van der Waals surface area contributed by atoms with E-state index >= 15 is 0 Å². The molecule has 0 aliphatic carbocycles. The van der Waals surface area contributed by atoms with Gasteiger partial charge in [0, 0.05) is 17.0 Å². The van der Waals surface area contributed by atoms with Gasteiger partial charge in [0.2, 0.25) is 0 Å². The van der Waals surface area contributed by atoms with Crippen LogP contribution in [0, 0.1) is 0 Å². The number of amides is 1. The fraction of sp³-hybridized carbons (Fsp3) is 0.417. The van der Waals surface area contributed by atoms with E-state index in [0.29, 0.717) is 23.8 Å². The molecule has 0 spiro atoms. The third-order valence-corrected chi connectivity index (χ3v) is 6.06. The number of hydrogen-bond acceptors (Lipinski definition) is 5. The zero-order chi connectivity index (χ0) is 23.5. The Morgan fingerprint density at radius 2 is 1.84 bits per heavy atom. The average Bonchev–Trinajstić information content (AvgIpc) is 2.96. The molecular formula is C24H27Cl2NO5. The van der Waals surface area contributed by atoms with Crippen LogP contribution < -0.4 is 14.4 Å². The molecule has 1 aliphatic heterocycles. The van der Waals surface area contributed by atoms with Crippen LogP contribution in [0.4, 0.5) is 5.69 Å². The van der Waals surface area contributed by atoms with E-state index < -0.39 is 11.5 Å². The summed E-state index contributed by atoms with van der Waals surface area (Å²) in [5, 5.41) is 11.7. The van der Waals surface area contributed by atoms with Crippen molar-refractivity contribution in [3.05, 3.63) is 51.5 Å². The molecule has 0 saturated heterocycles. The zero-order valence-corrected chi connectivity index (χ0v) is 19.9. The summed E-state index contributed by atoms with van der Waals surface area (Å²) >= 11 is 12.7. The van der Waals surface area contributed by atoms with Crippen molar-refractivity contribution in [3.8, 4) is 11.5 Å². The van der Waals surface area contributed by atoms with E-state index in [0.717, 1.165) is 24.8 Å². The Morgan fingerprint density at radius 3 is 2.50 bits per heavy atom. The highest BCUT2D eigenvalue weighted by molar-refractivity contribution is 6.38. The minimum atomic E-state index is -2.06. The van der Waals surface area contributed by atoms with Gasteiger partial charge in [-0.3, -0.25) is 9.59 Å². The Bertz CT molecular complexity index is 1030. The number of benzene rings is 2. The van der Waals surface area contributed by atoms with E-state index in [-0.39, 0.29) is 34.4 Å². The molecule has 1 N–H and O–H groups in total. The molecule has 0 fully saturated rings. The van der Waals surface area contributed by atoms with Crippen LogP contribution in [0.5, 0.6) is 11.5 Å². The van der Waals surface area contributed by atoms with E-state index in [1.54, 1.807) is 25.3 Å².